The molecular formula is C16H18N4O2. The molecule has 6 heteroatoms. The lowest BCUT2D eigenvalue weighted by atomic mass is 9.96. The standard InChI is InChI=1S/C16H18N4O2/c17-12-2-1-10-3-6-19-14(13(10)9-12)16(22)20-7-4-11(5-8-20)15(18)21/h1-3,6,9,11H,4-5,7-8,17H2,(H2,18,21). The summed E-state index contributed by atoms with van der Waals surface area (Å²) in [5.74, 6) is -0.553. The molecule has 0 spiro atoms. The van der Waals surface area contributed by atoms with E-state index >= 15 is 0 Å². The summed E-state index contributed by atoms with van der Waals surface area (Å²) in [5, 5.41) is 1.68. The van der Waals surface area contributed by atoms with E-state index in [0.29, 0.717) is 37.3 Å². The highest BCUT2D eigenvalue weighted by atomic mass is 16.2. The number of rotatable bonds is 2. The van der Waals surface area contributed by atoms with Gasteiger partial charge in [0.15, 0.2) is 0 Å². The second-order valence-corrected chi connectivity index (χ2v) is 5.61. The van der Waals surface area contributed by atoms with Gasteiger partial charge in [-0.15, -0.1) is 0 Å². The van der Waals surface area contributed by atoms with E-state index in [1.807, 2.05) is 12.1 Å². The molecule has 0 atom stereocenters. The fraction of sp³-hybridized carbons (Fsp3) is 0.312. The molecule has 0 saturated carbocycles. The van der Waals surface area contributed by atoms with Crippen molar-refractivity contribution < 1.29 is 9.59 Å². The third-order valence-corrected chi connectivity index (χ3v) is 4.18. The smallest absolute Gasteiger partial charge is 0.273 e. The maximum absolute atomic E-state index is 12.7. The van der Waals surface area contributed by atoms with Gasteiger partial charge in [0.05, 0.1) is 0 Å². The van der Waals surface area contributed by atoms with Gasteiger partial charge in [-0.1, -0.05) is 6.07 Å². The van der Waals surface area contributed by atoms with Crippen LogP contribution in [0.3, 0.4) is 0 Å². The number of anilines is 1. The number of carbonyl (C=O) groups excluding carboxylic acids is 2. The lowest BCUT2D eigenvalue weighted by molar-refractivity contribution is -0.123. The number of benzene rings is 1. The van der Waals surface area contributed by atoms with Gasteiger partial charge >= 0.3 is 0 Å². The molecule has 1 aliphatic rings. The fourth-order valence-corrected chi connectivity index (χ4v) is 2.87. The summed E-state index contributed by atoms with van der Waals surface area (Å²) in [6.07, 6.45) is 2.84. The molecule has 2 amide bonds. The molecule has 1 aromatic carbocycles. The van der Waals surface area contributed by atoms with Crippen LogP contribution in [0.4, 0.5) is 5.69 Å². The van der Waals surface area contributed by atoms with Crippen molar-refractivity contribution in [1.29, 1.82) is 0 Å². The van der Waals surface area contributed by atoms with Gasteiger partial charge in [0, 0.05) is 36.3 Å². The van der Waals surface area contributed by atoms with Crippen molar-refractivity contribution in [2.24, 2.45) is 11.7 Å². The third-order valence-electron chi connectivity index (χ3n) is 4.18. The van der Waals surface area contributed by atoms with E-state index in [1.54, 1.807) is 23.2 Å². The number of carbonyl (C=O) groups is 2. The topological polar surface area (TPSA) is 102 Å². The Kier molecular flexibility index (Phi) is 3.66. The first-order chi connectivity index (χ1) is 10.6. The number of piperidine rings is 1. The fourth-order valence-electron chi connectivity index (χ4n) is 2.87. The minimum absolute atomic E-state index is 0.126. The number of aromatic nitrogens is 1. The van der Waals surface area contributed by atoms with Crippen LogP contribution < -0.4 is 11.5 Å². The highest BCUT2D eigenvalue weighted by Gasteiger charge is 2.27. The average Bonchev–Trinajstić information content (AvgIpc) is 2.53. The van der Waals surface area contributed by atoms with E-state index in [9.17, 15) is 9.59 Å². The molecular weight excluding hydrogens is 280 g/mol. The molecule has 4 N–H and O–H groups in total. The first kappa shape index (κ1) is 14.3. The summed E-state index contributed by atoms with van der Waals surface area (Å²) in [6, 6.07) is 7.30. The summed E-state index contributed by atoms with van der Waals surface area (Å²) in [4.78, 5) is 29.9. The summed E-state index contributed by atoms with van der Waals surface area (Å²) in [6.45, 7) is 1.04. The average molecular weight is 298 g/mol. The molecule has 22 heavy (non-hydrogen) atoms. The van der Waals surface area contributed by atoms with Crippen molar-refractivity contribution >= 4 is 28.3 Å². The lowest BCUT2D eigenvalue weighted by Crippen LogP contribution is -2.42. The molecule has 1 aliphatic heterocycles. The molecule has 114 valence electrons. The van der Waals surface area contributed by atoms with Crippen LogP contribution in [0, 0.1) is 5.92 Å². The number of likely N-dealkylation sites (tertiary alicyclic amines) is 1. The van der Waals surface area contributed by atoms with Gasteiger partial charge in [-0.05, 0) is 36.4 Å². The summed E-state index contributed by atoms with van der Waals surface area (Å²) in [5.41, 5.74) is 12.1. The zero-order valence-corrected chi connectivity index (χ0v) is 12.2. The minimum atomic E-state index is -0.289. The largest absolute Gasteiger partial charge is 0.399 e. The summed E-state index contributed by atoms with van der Waals surface area (Å²) < 4.78 is 0. The second-order valence-electron chi connectivity index (χ2n) is 5.61. The quantitative estimate of drug-likeness (QED) is 0.812. The zero-order valence-electron chi connectivity index (χ0n) is 12.2. The maximum atomic E-state index is 12.7. The van der Waals surface area contributed by atoms with Crippen LogP contribution >= 0.6 is 0 Å². The number of nitrogen functional groups attached to an aromatic ring is 1. The third kappa shape index (κ3) is 2.59. The normalized spacial score (nSPS) is 15.9. The highest BCUT2D eigenvalue weighted by Crippen LogP contribution is 2.23. The summed E-state index contributed by atoms with van der Waals surface area (Å²) in [7, 11) is 0. The molecule has 0 radical (unpaired) electrons. The molecule has 0 bridgehead atoms. The Morgan fingerprint density at radius 3 is 2.59 bits per heavy atom. The van der Waals surface area contributed by atoms with E-state index in [2.05, 4.69) is 4.98 Å². The van der Waals surface area contributed by atoms with Crippen molar-refractivity contribution in [3.05, 3.63) is 36.2 Å². The van der Waals surface area contributed by atoms with Gasteiger partial charge in [0.2, 0.25) is 5.91 Å². The number of primary amides is 1. The summed E-state index contributed by atoms with van der Waals surface area (Å²) >= 11 is 0. The van der Waals surface area contributed by atoms with E-state index in [4.69, 9.17) is 11.5 Å². The van der Waals surface area contributed by atoms with E-state index in [-0.39, 0.29) is 17.7 Å². The number of pyridine rings is 1. The van der Waals surface area contributed by atoms with Crippen molar-refractivity contribution in [2.45, 2.75) is 12.8 Å². The number of hydrogen-bond donors (Lipinski definition) is 2. The van der Waals surface area contributed by atoms with Crippen LogP contribution in [0.25, 0.3) is 10.8 Å². The van der Waals surface area contributed by atoms with Gasteiger partial charge in [0.25, 0.3) is 5.91 Å². The molecule has 2 aromatic rings. The van der Waals surface area contributed by atoms with Crippen LogP contribution in [-0.2, 0) is 4.79 Å². The van der Waals surface area contributed by atoms with Gasteiger partial charge in [-0.3, -0.25) is 14.6 Å². The molecule has 0 aliphatic carbocycles. The number of nitrogens with zero attached hydrogens (tertiary/aromatic N) is 2. The Bertz CT molecular complexity index is 736. The zero-order chi connectivity index (χ0) is 15.7. The van der Waals surface area contributed by atoms with Gasteiger partial charge < -0.3 is 16.4 Å². The van der Waals surface area contributed by atoms with E-state index < -0.39 is 0 Å². The van der Waals surface area contributed by atoms with E-state index in [0.717, 1.165) is 10.8 Å². The number of amides is 2. The Morgan fingerprint density at radius 1 is 1.18 bits per heavy atom. The van der Waals surface area contributed by atoms with Crippen LogP contribution in [-0.4, -0.2) is 34.8 Å². The Hall–Kier alpha value is -2.63. The molecule has 1 aromatic heterocycles. The second kappa shape index (κ2) is 5.63. The van der Waals surface area contributed by atoms with Crippen LogP contribution in [0.2, 0.25) is 0 Å². The van der Waals surface area contributed by atoms with Gasteiger partial charge in [-0.25, -0.2) is 0 Å². The molecule has 2 heterocycles. The molecule has 3 rings (SSSR count). The van der Waals surface area contributed by atoms with E-state index in [1.165, 1.54) is 0 Å². The first-order valence-corrected chi connectivity index (χ1v) is 7.29. The van der Waals surface area contributed by atoms with Crippen molar-refractivity contribution in [3.8, 4) is 0 Å². The molecule has 1 saturated heterocycles. The van der Waals surface area contributed by atoms with Gasteiger partial charge in [0.1, 0.15) is 5.69 Å². The van der Waals surface area contributed by atoms with Crippen LogP contribution in [0.5, 0.6) is 0 Å². The predicted molar refractivity (Wildman–Crippen MR) is 84.0 cm³/mol. The SMILES string of the molecule is NC(=O)C1CCN(C(=O)c2nccc3ccc(N)cc23)CC1. The number of fused-ring (bicyclic) bond motifs is 1. The van der Waals surface area contributed by atoms with Crippen molar-refractivity contribution in [3.63, 3.8) is 0 Å². The number of hydrogen-bond acceptors (Lipinski definition) is 4. The highest BCUT2D eigenvalue weighted by molar-refractivity contribution is 6.06. The minimum Gasteiger partial charge on any atom is -0.399 e. The van der Waals surface area contributed by atoms with Crippen molar-refractivity contribution in [2.75, 3.05) is 18.8 Å². The Morgan fingerprint density at radius 2 is 1.91 bits per heavy atom. The number of nitrogens with two attached hydrogens (primary N) is 2. The lowest BCUT2D eigenvalue weighted by Gasteiger charge is -2.30. The maximum Gasteiger partial charge on any atom is 0.273 e. The Labute approximate surface area is 128 Å². The monoisotopic (exact) mass is 298 g/mol. The van der Waals surface area contributed by atoms with Crippen LogP contribution in [0.1, 0.15) is 23.3 Å². The Balaban J connectivity index is 1.87. The molecule has 6 nitrogen and oxygen atoms in total. The predicted octanol–water partition coefficient (Wildman–Crippen LogP) is 1.15. The van der Waals surface area contributed by atoms with Crippen molar-refractivity contribution in [1.82, 2.24) is 9.88 Å². The first-order valence-electron chi connectivity index (χ1n) is 7.29. The molecule has 0 unspecified atom stereocenters. The molecule has 1 fully saturated rings. The van der Waals surface area contributed by atoms with Gasteiger partial charge in [-0.2, -0.15) is 0 Å². The van der Waals surface area contributed by atoms with Crippen LogP contribution in [0.15, 0.2) is 30.5 Å².